The van der Waals surface area contributed by atoms with Crippen LogP contribution in [-0.2, 0) is 4.74 Å². The van der Waals surface area contributed by atoms with E-state index in [-0.39, 0.29) is 0 Å². The van der Waals surface area contributed by atoms with Crippen LogP contribution in [0, 0.1) is 0 Å². The molecular weight excluding hydrogens is 188 g/mol. The predicted octanol–water partition coefficient (Wildman–Crippen LogP) is 1.02. The van der Waals surface area contributed by atoms with E-state index in [0.717, 1.165) is 38.7 Å². The Hall–Kier alpha value is -0.380. The second kappa shape index (κ2) is 5.64. The van der Waals surface area contributed by atoms with E-state index in [1.54, 1.807) is 0 Å². The Bertz CT molecular complexity index is 208. The Morgan fingerprint density at radius 3 is 3.33 bits per heavy atom. The Morgan fingerprint density at radius 2 is 2.47 bits per heavy atom. The third-order valence-corrected chi connectivity index (χ3v) is 3.36. The van der Waals surface area contributed by atoms with Gasteiger partial charge in [-0.05, 0) is 32.4 Å². The Kier molecular flexibility index (Phi) is 4.18. The van der Waals surface area contributed by atoms with E-state index in [0.29, 0.717) is 6.10 Å². The number of hydrogen-bond acceptors (Lipinski definition) is 3. The summed E-state index contributed by atoms with van der Waals surface area (Å²) in [6.45, 7) is 9.04. The van der Waals surface area contributed by atoms with Gasteiger partial charge in [0.15, 0.2) is 0 Å². The smallest absolute Gasteiger partial charge is 0.0826 e. The normalized spacial score (nSPS) is 31.5. The van der Waals surface area contributed by atoms with Crippen molar-refractivity contribution in [2.45, 2.75) is 31.4 Å². The largest absolute Gasteiger partial charge is 0.374 e. The monoisotopic (exact) mass is 210 g/mol. The molecule has 0 radical (unpaired) electrons. The van der Waals surface area contributed by atoms with E-state index in [9.17, 15) is 0 Å². The average molecular weight is 210 g/mol. The van der Waals surface area contributed by atoms with Crippen LogP contribution < -0.4 is 5.32 Å². The van der Waals surface area contributed by atoms with Crippen molar-refractivity contribution in [3.05, 3.63) is 12.7 Å². The molecule has 2 saturated heterocycles. The molecule has 15 heavy (non-hydrogen) atoms. The topological polar surface area (TPSA) is 24.5 Å². The van der Waals surface area contributed by atoms with Crippen molar-refractivity contribution in [3.8, 4) is 0 Å². The average Bonchev–Trinajstić information content (AvgIpc) is 2.71. The highest BCUT2D eigenvalue weighted by molar-refractivity contribution is 4.85. The van der Waals surface area contributed by atoms with E-state index in [2.05, 4.69) is 16.8 Å². The van der Waals surface area contributed by atoms with Crippen LogP contribution in [0.15, 0.2) is 12.7 Å². The van der Waals surface area contributed by atoms with Crippen LogP contribution in [0.3, 0.4) is 0 Å². The van der Waals surface area contributed by atoms with Crippen molar-refractivity contribution in [1.82, 2.24) is 10.2 Å². The standard InChI is InChI=1S/C12H22N2O/c1-2-3-6-13-8-12-9-14-7-4-5-11(14)10-15-12/h2,11-13H,1,3-10H2. The number of rotatable bonds is 5. The maximum Gasteiger partial charge on any atom is 0.0826 e. The van der Waals surface area contributed by atoms with Gasteiger partial charge < -0.3 is 10.1 Å². The second-order valence-electron chi connectivity index (χ2n) is 4.53. The number of fused-ring (bicyclic) bond motifs is 1. The molecule has 86 valence electrons. The molecule has 0 aromatic heterocycles. The van der Waals surface area contributed by atoms with Gasteiger partial charge in [0.1, 0.15) is 0 Å². The van der Waals surface area contributed by atoms with Crippen molar-refractivity contribution in [1.29, 1.82) is 0 Å². The SMILES string of the molecule is C=CCCNCC1CN2CCCC2CO1. The molecule has 0 aromatic rings. The quantitative estimate of drug-likeness (QED) is 0.541. The third kappa shape index (κ3) is 3.03. The van der Waals surface area contributed by atoms with Crippen molar-refractivity contribution in [2.75, 3.05) is 32.8 Å². The van der Waals surface area contributed by atoms with Crippen molar-refractivity contribution in [3.63, 3.8) is 0 Å². The Labute approximate surface area is 92.5 Å². The van der Waals surface area contributed by atoms with E-state index >= 15 is 0 Å². The van der Waals surface area contributed by atoms with Gasteiger partial charge in [0.2, 0.25) is 0 Å². The lowest BCUT2D eigenvalue weighted by Crippen LogP contribution is -2.49. The molecule has 2 aliphatic heterocycles. The van der Waals surface area contributed by atoms with Gasteiger partial charge in [-0.2, -0.15) is 0 Å². The van der Waals surface area contributed by atoms with Crippen LogP contribution in [0.1, 0.15) is 19.3 Å². The molecule has 2 fully saturated rings. The molecule has 0 spiro atoms. The van der Waals surface area contributed by atoms with Crippen molar-refractivity contribution < 1.29 is 4.74 Å². The fourth-order valence-corrected chi connectivity index (χ4v) is 2.48. The first-order valence-electron chi connectivity index (χ1n) is 6.07. The van der Waals surface area contributed by atoms with Crippen LogP contribution in [-0.4, -0.2) is 49.8 Å². The van der Waals surface area contributed by atoms with Crippen LogP contribution in [0.25, 0.3) is 0 Å². The summed E-state index contributed by atoms with van der Waals surface area (Å²) in [6.07, 6.45) is 6.06. The Balaban J connectivity index is 1.64. The fraction of sp³-hybridized carbons (Fsp3) is 0.833. The van der Waals surface area contributed by atoms with Crippen LogP contribution in [0.4, 0.5) is 0 Å². The summed E-state index contributed by atoms with van der Waals surface area (Å²) < 4.78 is 5.84. The van der Waals surface area contributed by atoms with Gasteiger partial charge in [0, 0.05) is 19.1 Å². The summed E-state index contributed by atoms with van der Waals surface area (Å²) in [5, 5.41) is 3.41. The number of nitrogens with zero attached hydrogens (tertiary/aromatic N) is 1. The van der Waals surface area contributed by atoms with E-state index in [1.165, 1.54) is 19.4 Å². The highest BCUT2D eigenvalue weighted by Crippen LogP contribution is 2.22. The van der Waals surface area contributed by atoms with Gasteiger partial charge in [0.05, 0.1) is 12.7 Å². The van der Waals surface area contributed by atoms with E-state index in [4.69, 9.17) is 4.74 Å². The van der Waals surface area contributed by atoms with Gasteiger partial charge in [-0.3, -0.25) is 4.90 Å². The van der Waals surface area contributed by atoms with Gasteiger partial charge in [-0.1, -0.05) is 6.08 Å². The van der Waals surface area contributed by atoms with E-state index < -0.39 is 0 Å². The summed E-state index contributed by atoms with van der Waals surface area (Å²) >= 11 is 0. The maximum atomic E-state index is 5.84. The molecular formula is C12H22N2O. The molecule has 2 atom stereocenters. The zero-order chi connectivity index (χ0) is 10.5. The fourth-order valence-electron chi connectivity index (χ4n) is 2.48. The zero-order valence-corrected chi connectivity index (χ0v) is 9.45. The lowest BCUT2D eigenvalue weighted by Gasteiger charge is -2.35. The number of morpholine rings is 1. The first kappa shape index (κ1) is 11.1. The molecule has 3 nitrogen and oxygen atoms in total. The highest BCUT2D eigenvalue weighted by atomic mass is 16.5. The minimum absolute atomic E-state index is 0.393. The predicted molar refractivity (Wildman–Crippen MR) is 62.0 cm³/mol. The number of hydrogen-bond donors (Lipinski definition) is 1. The first-order chi connectivity index (χ1) is 7.40. The summed E-state index contributed by atoms with van der Waals surface area (Å²) in [7, 11) is 0. The highest BCUT2D eigenvalue weighted by Gasteiger charge is 2.31. The molecule has 3 heteroatoms. The molecule has 1 N–H and O–H groups in total. The van der Waals surface area contributed by atoms with Gasteiger partial charge in [-0.15, -0.1) is 6.58 Å². The molecule has 2 unspecified atom stereocenters. The summed E-state index contributed by atoms with van der Waals surface area (Å²) in [5.74, 6) is 0. The number of nitrogens with one attached hydrogen (secondary N) is 1. The van der Waals surface area contributed by atoms with Crippen LogP contribution >= 0.6 is 0 Å². The van der Waals surface area contributed by atoms with Crippen molar-refractivity contribution >= 4 is 0 Å². The third-order valence-electron chi connectivity index (χ3n) is 3.36. The molecule has 0 amide bonds. The lowest BCUT2D eigenvalue weighted by atomic mass is 10.2. The summed E-state index contributed by atoms with van der Waals surface area (Å²) in [6, 6.07) is 0.717. The molecule has 0 aliphatic carbocycles. The van der Waals surface area contributed by atoms with Crippen LogP contribution in [0.5, 0.6) is 0 Å². The minimum atomic E-state index is 0.393. The van der Waals surface area contributed by atoms with Gasteiger partial charge in [0.25, 0.3) is 0 Å². The maximum absolute atomic E-state index is 5.84. The van der Waals surface area contributed by atoms with Crippen LogP contribution in [0.2, 0.25) is 0 Å². The molecule has 2 aliphatic rings. The molecule has 0 aromatic carbocycles. The summed E-state index contributed by atoms with van der Waals surface area (Å²) in [5.41, 5.74) is 0. The zero-order valence-electron chi connectivity index (χ0n) is 9.45. The molecule has 0 bridgehead atoms. The van der Waals surface area contributed by atoms with Crippen molar-refractivity contribution in [2.24, 2.45) is 0 Å². The van der Waals surface area contributed by atoms with Gasteiger partial charge in [-0.25, -0.2) is 0 Å². The molecule has 2 heterocycles. The summed E-state index contributed by atoms with van der Waals surface area (Å²) in [4.78, 5) is 2.59. The number of ether oxygens (including phenoxy) is 1. The van der Waals surface area contributed by atoms with Gasteiger partial charge >= 0.3 is 0 Å². The second-order valence-corrected chi connectivity index (χ2v) is 4.53. The minimum Gasteiger partial charge on any atom is -0.374 e. The molecule has 2 rings (SSSR count). The molecule has 0 saturated carbocycles. The van der Waals surface area contributed by atoms with E-state index in [1.807, 2.05) is 6.08 Å². The Morgan fingerprint density at radius 1 is 1.53 bits per heavy atom. The first-order valence-corrected chi connectivity index (χ1v) is 6.07. The lowest BCUT2D eigenvalue weighted by molar-refractivity contribution is -0.0468.